The van der Waals surface area contributed by atoms with Crippen molar-refractivity contribution in [2.45, 2.75) is 13.5 Å². The maximum atomic E-state index is 13.8. The zero-order valence-corrected chi connectivity index (χ0v) is 10.4. The number of nitrogens with one attached hydrogen (secondary N) is 1. The van der Waals surface area contributed by atoms with Gasteiger partial charge in [0.25, 0.3) is 0 Å². The van der Waals surface area contributed by atoms with E-state index < -0.39 is 0 Å². The molecule has 18 heavy (non-hydrogen) atoms. The second kappa shape index (κ2) is 5.27. The third kappa shape index (κ3) is 2.41. The summed E-state index contributed by atoms with van der Waals surface area (Å²) in [5.74, 6) is -0.544. The first kappa shape index (κ1) is 12.7. The number of halogens is 2. The van der Waals surface area contributed by atoms with Gasteiger partial charge in [0, 0.05) is 12.1 Å². The van der Waals surface area contributed by atoms with Gasteiger partial charge in [0.2, 0.25) is 0 Å². The van der Waals surface area contributed by atoms with E-state index >= 15 is 0 Å². The van der Waals surface area contributed by atoms with E-state index in [1.807, 2.05) is 6.07 Å². The zero-order valence-electron chi connectivity index (χ0n) is 10.4. The molecular weight excluding hydrogens is 232 g/mol. The van der Waals surface area contributed by atoms with Gasteiger partial charge in [0.15, 0.2) is 0 Å². The second-order valence-electron chi connectivity index (χ2n) is 4.25. The molecule has 0 aliphatic heterocycles. The van der Waals surface area contributed by atoms with Crippen molar-refractivity contribution < 1.29 is 8.78 Å². The van der Waals surface area contributed by atoms with Gasteiger partial charge in [-0.05, 0) is 42.8 Å². The van der Waals surface area contributed by atoms with Gasteiger partial charge in [0.05, 0.1) is 0 Å². The molecule has 0 amide bonds. The summed E-state index contributed by atoms with van der Waals surface area (Å²) in [6.07, 6.45) is 0. The third-order valence-corrected chi connectivity index (χ3v) is 3.00. The molecule has 2 aromatic carbocycles. The Morgan fingerprint density at radius 3 is 2.50 bits per heavy atom. The van der Waals surface area contributed by atoms with Crippen LogP contribution >= 0.6 is 0 Å². The van der Waals surface area contributed by atoms with Crippen LogP contribution in [0.25, 0.3) is 11.1 Å². The van der Waals surface area contributed by atoms with Crippen molar-refractivity contribution in [3.63, 3.8) is 0 Å². The Kier molecular flexibility index (Phi) is 3.72. The van der Waals surface area contributed by atoms with Crippen molar-refractivity contribution in [1.82, 2.24) is 5.32 Å². The molecule has 0 aliphatic carbocycles. The van der Waals surface area contributed by atoms with Gasteiger partial charge in [-0.25, -0.2) is 8.78 Å². The molecule has 3 heteroatoms. The monoisotopic (exact) mass is 247 g/mol. The molecule has 0 fully saturated rings. The van der Waals surface area contributed by atoms with Crippen molar-refractivity contribution >= 4 is 0 Å². The molecule has 0 unspecified atom stereocenters. The number of hydrogen-bond donors (Lipinski definition) is 1. The van der Waals surface area contributed by atoms with Gasteiger partial charge in [-0.1, -0.05) is 24.3 Å². The highest BCUT2D eigenvalue weighted by Gasteiger charge is 2.08. The third-order valence-electron chi connectivity index (χ3n) is 3.00. The van der Waals surface area contributed by atoms with Crippen LogP contribution in [0.15, 0.2) is 36.4 Å². The normalized spacial score (nSPS) is 10.7. The molecule has 2 rings (SSSR count). The molecule has 94 valence electrons. The van der Waals surface area contributed by atoms with Crippen molar-refractivity contribution in [2.24, 2.45) is 0 Å². The molecule has 1 nitrogen and oxygen atoms in total. The molecule has 0 bridgehead atoms. The summed E-state index contributed by atoms with van der Waals surface area (Å²) < 4.78 is 27.3. The largest absolute Gasteiger partial charge is 0.316 e. The smallest absolute Gasteiger partial charge is 0.128 e. The van der Waals surface area contributed by atoms with Gasteiger partial charge >= 0.3 is 0 Å². The highest BCUT2D eigenvalue weighted by atomic mass is 19.1. The van der Waals surface area contributed by atoms with E-state index in [4.69, 9.17) is 0 Å². The summed E-state index contributed by atoms with van der Waals surface area (Å²) in [5.41, 5.74) is 2.57. The minimum Gasteiger partial charge on any atom is -0.316 e. The number of rotatable bonds is 3. The van der Waals surface area contributed by atoms with Crippen LogP contribution in [0.5, 0.6) is 0 Å². The number of hydrogen-bond acceptors (Lipinski definition) is 1. The van der Waals surface area contributed by atoms with Crippen LogP contribution in [0, 0.1) is 18.6 Å². The Labute approximate surface area is 105 Å². The lowest BCUT2D eigenvalue weighted by atomic mass is 9.99. The van der Waals surface area contributed by atoms with Gasteiger partial charge in [-0.15, -0.1) is 0 Å². The Morgan fingerprint density at radius 1 is 1.06 bits per heavy atom. The van der Waals surface area contributed by atoms with Gasteiger partial charge in [0.1, 0.15) is 11.6 Å². The Bertz CT molecular complexity index is 564. The highest BCUT2D eigenvalue weighted by molar-refractivity contribution is 5.67. The van der Waals surface area contributed by atoms with E-state index in [2.05, 4.69) is 5.32 Å². The SMILES string of the molecule is CNCc1ccc(-c2cccc(F)c2C)cc1F. The zero-order chi connectivity index (χ0) is 13.1. The van der Waals surface area contributed by atoms with Crippen LogP contribution in [0.3, 0.4) is 0 Å². The van der Waals surface area contributed by atoms with Crippen molar-refractivity contribution in [2.75, 3.05) is 7.05 Å². The van der Waals surface area contributed by atoms with Crippen molar-refractivity contribution in [3.05, 3.63) is 59.2 Å². The molecule has 1 N–H and O–H groups in total. The highest BCUT2D eigenvalue weighted by Crippen LogP contribution is 2.26. The topological polar surface area (TPSA) is 12.0 Å². The molecule has 0 aliphatic rings. The van der Waals surface area contributed by atoms with Crippen LogP contribution in [0.2, 0.25) is 0 Å². The quantitative estimate of drug-likeness (QED) is 0.872. The summed E-state index contributed by atoms with van der Waals surface area (Å²) >= 11 is 0. The lowest BCUT2D eigenvalue weighted by Gasteiger charge is -2.09. The Morgan fingerprint density at radius 2 is 1.83 bits per heavy atom. The lowest BCUT2D eigenvalue weighted by molar-refractivity contribution is 0.601. The van der Waals surface area contributed by atoms with Gasteiger partial charge in [-0.3, -0.25) is 0 Å². The van der Waals surface area contributed by atoms with E-state index in [9.17, 15) is 8.78 Å². The molecule has 2 aromatic rings. The molecule has 0 radical (unpaired) electrons. The fraction of sp³-hybridized carbons (Fsp3) is 0.200. The fourth-order valence-electron chi connectivity index (χ4n) is 1.97. The second-order valence-corrected chi connectivity index (χ2v) is 4.25. The maximum Gasteiger partial charge on any atom is 0.128 e. The minimum absolute atomic E-state index is 0.271. The average molecular weight is 247 g/mol. The predicted octanol–water partition coefficient (Wildman–Crippen LogP) is 3.66. The van der Waals surface area contributed by atoms with E-state index in [1.54, 1.807) is 32.2 Å². The summed E-state index contributed by atoms with van der Waals surface area (Å²) in [6.45, 7) is 2.18. The van der Waals surface area contributed by atoms with E-state index in [1.165, 1.54) is 12.1 Å². The number of benzene rings is 2. The summed E-state index contributed by atoms with van der Waals surface area (Å²) in [4.78, 5) is 0. The first-order chi connectivity index (χ1) is 8.63. The average Bonchev–Trinajstić information content (AvgIpc) is 2.35. The molecule has 0 saturated carbocycles. The van der Waals surface area contributed by atoms with Crippen LogP contribution in [0.1, 0.15) is 11.1 Å². The lowest BCUT2D eigenvalue weighted by Crippen LogP contribution is -2.06. The van der Waals surface area contributed by atoms with E-state index in [0.29, 0.717) is 23.2 Å². The standard InChI is InChI=1S/C15H15F2N/c1-10-13(4-3-5-14(10)16)11-6-7-12(9-18-2)15(17)8-11/h3-8,18H,9H2,1-2H3. The van der Waals surface area contributed by atoms with E-state index in [-0.39, 0.29) is 11.6 Å². The Hall–Kier alpha value is -1.74. The molecule has 0 aromatic heterocycles. The van der Waals surface area contributed by atoms with Crippen molar-refractivity contribution in [1.29, 1.82) is 0 Å². The maximum absolute atomic E-state index is 13.8. The fourth-order valence-corrected chi connectivity index (χ4v) is 1.97. The van der Waals surface area contributed by atoms with Crippen molar-refractivity contribution in [3.8, 4) is 11.1 Å². The molecule has 0 atom stereocenters. The molecule has 0 heterocycles. The molecule has 0 spiro atoms. The first-order valence-electron chi connectivity index (χ1n) is 5.82. The summed E-state index contributed by atoms with van der Waals surface area (Å²) in [6, 6.07) is 9.84. The van der Waals surface area contributed by atoms with E-state index in [0.717, 1.165) is 5.56 Å². The van der Waals surface area contributed by atoms with Crippen LogP contribution in [0.4, 0.5) is 8.78 Å². The minimum atomic E-state index is -0.273. The summed E-state index contributed by atoms with van der Waals surface area (Å²) in [5, 5.41) is 2.90. The summed E-state index contributed by atoms with van der Waals surface area (Å²) in [7, 11) is 1.77. The molecule has 0 saturated heterocycles. The predicted molar refractivity (Wildman–Crippen MR) is 69.3 cm³/mol. The first-order valence-corrected chi connectivity index (χ1v) is 5.82. The van der Waals surface area contributed by atoms with Crippen LogP contribution in [-0.4, -0.2) is 7.05 Å². The van der Waals surface area contributed by atoms with Crippen LogP contribution < -0.4 is 5.32 Å². The van der Waals surface area contributed by atoms with Gasteiger partial charge < -0.3 is 5.32 Å². The molecular formula is C15H15F2N. The van der Waals surface area contributed by atoms with Crippen LogP contribution in [-0.2, 0) is 6.54 Å². The Balaban J connectivity index is 2.46. The van der Waals surface area contributed by atoms with Gasteiger partial charge in [-0.2, -0.15) is 0 Å².